The van der Waals surface area contributed by atoms with Crippen LogP contribution in [0.2, 0.25) is 0 Å². The molecule has 2 aromatic rings. The van der Waals surface area contributed by atoms with Gasteiger partial charge >= 0.3 is 0 Å². The van der Waals surface area contributed by atoms with Crippen LogP contribution in [0, 0.1) is 23.6 Å². The van der Waals surface area contributed by atoms with E-state index in [0.717, 1.165) is 24.2 Å². The van der Waals surface area contributed by atoms with Crippen LogP contribution in [0.15, 0.2) is 59.9 Å². The Morgan fingerprint density at radius 3 is 2.44 bits per heavy atom. The fourth-order valence-electron chi connectivity index (χ4n) is 5.60. The maximum absolute atomic E-state index is 15.0. The summed E-state index contributed by atoms with van der Waals surface area (Å²) in [6, 6.07) is 13.3. The molecule has 0 radical (unpaired) electrons. The highest BCUT2D eigenvalue weighted by Gasteiger charge is 2.53. The molecule has 178 valence electrons. The number of ketones is 1. The molecule has 2 aromatic carbocycles. The number of hydrogen-bond acceptors (Lipinski definition) is 4. The first kappa shape index (κ1) is 22.6. The molecule has 2 heterocycles. The summed E-state index contributed by atoms with van der Waals surface area (Å²) >= 11 is 0. The number of benzene rings is 2. The minimum atomic E-state index is -0.773. The Balaban J connectivity index is 1.49. The van der Waals surface area contributed by atoms with Gasteiger partial charge in [0.15, 0.2) is 11.5 Å². The van der Waals surface area contributed by atoms with Crippen molar-refractivity contribution in [2.75, 3.05) is 13.7 Å². The van der Waals surface area contributed by atoms with Crippen molar-refractivity contribution in [3.05, 3.63) is 76.8 Å². The Hall–Kier alpha value is -3.15. The molecule has 2 aliphatic heterocycles. The Labute approximate surface area is 199 Å². The van der Waals surface area contributed by atoms with Gasteiger partial charge in [-0.1, -0.05) is 44.2 Å². The number of carbonyl (C=O) groups is 2. The summed E-state index contributed by atoms with van der Waals surface area (Å²) in [7, 11) is 1.61. The van der Waals surface area contributed by atoms with Gasteiger partial charge < -0.3 is 14.4 Å². The Morgan fingerprint density at radius 1 is 1.03 bits per heavy atom. The van der Waals surface area contributed by atoms with Gasteiger partial charge in [-0.15, -0.1) is 0 Å². The first-order valence-corrected chi connectivity index (χ1v) is 12.0. The highest BCUT2D eigenvalue weighted by molar-refractivity contribution is 6.11. The van der Waals surface area contributed by atoms with Gasteiger partial charge in [0.1, 0.15) is 17.7 Å². The van der Waals surface area contributed by atoms with E-state index >= 15 is 0 Å². The lowest BCUT2D eigenvalue weighted by Gasteiger charge is -2.40. The number of amides is 1. The predicted octanol–water partition coefficient (Wildman–Crippen LogP) is 4.86. The minimum Gasteiger partial charge on any atom is -0.497 e. The van der Waals surface area contributed by atoms with E-state index in [1.165, 1.54) is 6.07 Å². The largest absolute Gasteiger partial charge is 0.497 e. The van der Waals surface area contributed by atoms with E-state index < -0.39 is 11.9 Å². The first-order chi connectivity index (χ1) is 16.4. The van der Waals surface area contributed by atoms with E-state index in [2.05, 4.69) is 13.8 Å². The van der Waals surface area contributed by atoms with Crippen molar-refractivity contribution in [1.29, 1.82) is 0 Å². The van der Waals surface area contributed by atoms with Gasteiger partial charge in [0.2, 0.25) is 0 Å². The number of hydrogen-bond donors (Lipinski definition) is 0. The molecular weight excluding hydrogens is 433 g/mol. The van der Waals surface area contributed by atoms with Gasteiger partial charge in [-0.05, 0) is 54.9 Å². The standard InChI is InChI=1S/C28H30FNO4/c1-16-14-21-23(15-17(16)2)34-27-24(26(21)31)25(20-6-4-5-7-22(20)29)30(28(27)32)13-12-18-8-10-19(33-3)11-9-18/h4-11,16-17,21,23,25H,12-15H2,1-3H3. The zero-order valence-corrected chi connectivity index (χ0v) is 19.8. The summed E-state index contributed by atoms with van der Waals surface area (Å²) in [6.45, 7) is 4.67. The summed E-state index contributed by atoms with van der Waals surface area (Å²) in [6.07, 6.45) is 1.75. The number of carbonyl (C=O) groups excluding carboxylic acids is 2. The lowest BCUT2D eigenvalue weighted by Crippen LogP contribution is -2.43. The molecule has 0 saturated heterocycles. The van der Waals surface area contributed by atoms with Crippen LogP contribution in [0.5, 0.6) is 5.75 Å². The number of Topliss-reactive ketones (excluding diaryl/α,β-unsaturated/α-hetero) is 1. The zero-order valence-electron chi connectivity index (χ0n) is 19.8. The topological polar surface area (TPSA) is 55.8 Å². The molecule has 1 aliphatic carbocycles. The van der Waals surface area contributed by atoms with E-state index in [-0.39, 0.29) is 29.5 Å². The lowest BCUT2D eigenvalue weighted by molar-refractivity contribution is -0.137. The van der Waals surface area contributed by atoms with E-state index in [9.17, 15) is 14.0 Å². The number of nitrogens with zero attached hydrogens (tertiary/aromatic N) is 1. The van der Waals surface area contributed by atoms with Crippen molar-refractivity contribution >= 4 is 11.7 Å². The fraction of sp³-hybridized carbons (Fsp3) is 0.429. The molecule has 5 nitrogen and oxygen atoms in total. The predicted molar refractivity (Wildman–Crippen MR) is 126 cm³/mol. The highest BCUT2D eigenvalue weighted by Crippen LogP contribution is 2.48. The minimum absolute atomic E-state index is 0.0569. The summed E-state index contributed by atoms with van der Waals surface area (Å²) in [5.74, 6) is 0.599. The molecular formula is C28H30FNO4. The molecule has 0 bridgehead atoms. The SMILES string of the molecule is COc1ccc(CCN2C(=O)C3=C(C(=O)C4CC(C)C(C)CC4O3)C2c2ccccc2F)cc1. The monoisotopic (exact) mass is 463 g/mol. The molecule has 1 saturated carbocycles. The van der Waals surface area contributed by atoms with Crippen molar-refractivity contribution < 1.29 is 23.5 Å². The van der Waals surface area contributed by atoms with Crippen molar-refractivity contribution in [2.24, 2.45) is 17.8 Å². The molecule has 1 amide bonds. The molecule has 1 fully saturated rings. The summed E-state index contributed by atoms with van der Waals surface area (Å²) < 4.78 is 26.5. The molecule has 5 atom stereocenters. The molecule has 0 aromatic heterocycles. The van der Waals surface area contributed by atoms with Crippen LogP contribution in [0.25, 0.3) is 0 Å². The van der Waals surface area contributed by atoms with Gasteiger partial charge in [-0.25, -0.2) is 4.39 Å². The first-order valence-electron chi connectivity index (χ1n) is 12.0. The van der Waals surface area contributed by atoms with E-state index in [0.29, 0.717) is 35.9 Å². The molecule has 5 rings (SSSR count). The number of rotatable bonds is 5. The van der Waals surface area contributed by atoms with E-state index in [1.54, 1.807) is 30.2 Å². The molecule has 34 heavy (non-hydrogen) atoms. The van der Waals surface area contributed by atoms with Crippen LogP contribution in [0.1, 0.15) is 43.9 Å². The smallest absolute Gasteiger partial charge is 0.290 e. The molecule has 0 N–H and O–H groups in total. The number of methoxy groups -OCH3 is 1. The van der Waals surface area contributed by atoms with Crippen molar-refractivity contribution in [1.82, 2.24) is 4.90 Å². The molecule has 0 spiro atoms. The van der Waals surface area contributed by atoms with Crippen LogP contribution in [0.4, 0.5) is 4.39 Å². The Morgan fingerprint density at radius 2 is 1.74 bits per heavy atom. The Kier molecular flexibility index (Phi) is 5.92. The molecule has 5 unspecified atom stereocenters. The average Bonchev–Trinajstić information content (AvgIpc) is 3.11. The quantitative estimate of drug-likeness (QED) is 0.635. The second-order valence-electron chi connectivity index (χ2n) is 9.82. The second kappa shape index (κ2) is 8.90. The van der Waals surface area contributed by atoms with Crippen LogP contribution in [-0.2, 0) is 20.7 Å². The number of halogens is 1. The third kappa shape index (κ3) is 3.79. The van der Waals surface area contributed by atoms with Crippen molar-refractivity contribution in [3.63, 3.8) is 0 Å². The van der Waals surface area contributed by atoms with Crippen LogP contribution >= 0.6 is 0 Å². The highest BCUT2D eigenvalue weighted by atomic mass is 19.1. The maximum atomic E-state index is 15.0. The Bertz CT molecular complexity index is 1140. The number of ether oxygens (including phenoxy) is 2. The van der Waals surface area contributed by atoms with E-state index in [1.807, 2.05) is 24.3 Å². The normalized spacial score (nSPS) is 28.5. The van der Waals surface area contributed by atoms with E-state index in [4.69, 9.17) is 9.47 Å². The fourth-order valence-corrected chi connectivity index (χ4v) is 5.60. The molecule has 3 aliphatic rings. The van der Waals surface area contributed by atoms with Gasteiger partial charge in [0, 0.05) is 12.1 Å². The van der Waals surface area contributed by atoms with Gasteiger partial charge in [0.05, 0.1) is 24.6 Å². The summed E-state index contributed by atoms with van der Waals surface area (Å²) in [5, 5.41) is 0. The van der Waals surface area contributed by atoms with Gasteiger partial charge in [0.25, 0.3) is 5.91 Å². The van der Waals surface area contributed by atoms with Crippen LogP contribution in [0.3, 0.4) is 0 Å². The van der Waals surface area contributed by atoms with Crippen molar-refractivity contribution in [2.45, 2.75) is 45.3 Å². The van der Waals surface area contributed by atoms with Gasteiger partial charge in [-0.3, -0.25) is 9.59 Å². The average molecular weight is 464 g/mol. The third-order valence-corrected chi connectivity index (χ3v) is 7.81. The summed E-state index contributed by atoms with van der Waals surface area (Å²) in [5.41, 5.74) is 1.69. The van der Waals surface area contributed by atoms with Crippen LogP contribution < -0.4 is 4.74 Å². The van der Waals surface area contributed by atoms with Gasteiger partial charge in [-0.2, -0.15) is 0 Å². The third-order valence-electron chi connectivity index (χ3n) is 7.81. The lowest BCUT2D eigenvalue weighted by atomic mass is 9.70. The second-order valence-corrected chi connectivity index (χ2v) is 9.82. The summed E-state index contributed by atoms with van der Waals surface area (Å²) in [4.78, 5) is 28.9. The molecule has 6 heteroatoms. The zero-order chi connectivity index (χ0) is 24.0. The van der Waals surface area contributed by atoms with Crippen molar-refractivity contribution in [3.8, 4) is 5.75 Å². The van der Waals surface area contributed by atoms with Crippen LogP contribution in [-0.4, -0.2) is 36.3 Å². The maximum Gasteiger partial charge on any atom is 0.290 e. The number of fused-ring (bicyclic) bond motifs is 1.